The van der Waals surface area contributed by atoms with Crippen molar-refractivity contribution in [3.05, 3.63) is 36.2 Å². The van der Waals surface area contributed by atoms with E-state index in [0.29, 0.717) is 24.9 Å². The fourth-order valence-electron chi connectivity index (χ4n) is 2.89. The number of aromatic nitrogens is 3. The first-order valence-electron chi connectivity index (χ1n) is 8.82. The molecule has 0 aliphatic carbocycles. The van der Waals surface area contributed by atoms with Gasteiger partial charge in [-0.05, 0) is 50.2 Å². The summed E-state index contributed by atoms with van der Waals surface area (Å²) in [6.07, 6.45) is 3.75. The van der Waals surface area contributed by atoms with Crippen LogP contribution in [0.5, 0.6) is 11.5 Å². The minimum atomic E-state index is -0.150. The number of amides is 1. The second-order valence-corrected chi connectivity index (χ2v) is 6.32. The Morgan fingerprint density at radius 2 is 1.96 bits per heavy atom. The van der Waals surface area contributed by atoms with Crippen LogP contribution in [0.15, 0.2) is 30.5 Å². The van der Waals surface area contributed by atoms with Gasteiger partial charge in [-0.15, -0.1) is 5.10 Å². The molecule has 8 nitrogen and oxygen atoms in total. The molecule has 2 heterocycles. The number of piperidine rings is 1. The summed E-state index contributed by atoms with van der Waals surface area (Å²) in [5.41, 5.74) is 0.371. The van der Waals surface area contributed by atoms with Crippen molar-refractivity contribution in [3.8, 4) is 11.5 Å². The summed E-state index contributed by atoms with van der Waals surface area (Å²) in [6, 6.07) is 7.66. The minimum Gasteiger partial charge on any atom is -0.497 e. The molecule has 0 bridgehead atoms. The van der Waals surface area contributed by atoms with Gasteiger partial charge < -0.3 is 19.7 Å². The summed E-state index contributed by atoms with van der Waals surface area (Å²) >= 11 is 0. The van der Waals surface area contributed by atoms with Crippen molar-refractivity contribution in [1.29, 1.82) is 0 Å². The van der Waals surface area contributed by atoms with Crippen molar-refractivity contribution in [3.63, 3.8) is 0 Å². The first-order chi connectivity index (χ1) is 12.7. The number of carbonyl (C=O) groups is 1. The molecule has 0 radical (unpaired) electrons. The number of hydrogen-bond donors (Lipinski definition) is 1. The van der Waals surface area contributed by atoms with Crippen LogP contribution in [0.4, 0.5) is 0 Å². The maximum atomic E-state index is 12.5. The molecule has 0 spiro atoms. The molecule has 1 aliphatic heterocycles. The van der Waals surface area contributed by atoms with Gasteiger partial charge in [0.1, 0.15) is 18.1 Å². The number of rotatable bonds is 7. The molecule has 1 N–H and O–H groups in total. The molecule has 3 rings (SSSR count). The minimum absolute atomic E-state index is 0.150. The molecule has 1 aromatic heterocycles. The molecule has 1 amide bonds. The largest absolute Gasteiger partial charge is 0.497 e. The predicted molar refractivity (Wildman–Crippen MR) is 96.6 cm³/mol. The van der Waals surface area contributed by atoms with Crippen LogP contribution in [0.1, 0.15) is 29.4 Å². The van der Waals surface area contributed by atoms with Crippen LogP contribution in [-0.4, -0.2) is 66.2 Å². The Balaban J connectivity index is 1.48. The van der Waals surface area contributed by atoms with E-state index in [1.807, 2.05) is 28.9 Å². The molecule has 1 fully saturated rings. The van der Waals surface area contributed by atoms with E-state index in [1.54, 1.807) is 25.3 Å². The molecule has 140 valence electrons. The highest BCUT2D eigenvalue weighted by Crippen LogP contribution is 2.18. The molecule has 0 unspecified atom stereocenters. The van der Waals surface area contributed by atoms with Crippen LogP contribution < -0.4 is 14.8 Å². The average Bonchev–Trinajstić information content (AvgIpc) is 3.18. The smallest absolute Gasteiger partial charge is 0.275 e. The Labute approximate surface area is 153 Å². The lowest BCUT2D eigenvalue weighted by molar-refractivity contribution is 0.0768. The van der Waals surface area contributed by atoms with Gasteiger partial charge in [-0.1, -0.05) is 5.21 Å². The van der Waals surface area contributed by atoms with Crippen LogP contribution in [-0.2, 0) is 0 Å². The number of methoxy groups -OCH3 is 1. The third kappa shape index (κ3) is 4.51. The van der Waals surface area contributed by atoms with Gasteiger partial charge in [0.15, 0.2) is 5.69 Å². The Morgan fingerprint density at radius 3 is 2.65 bits per heavy atom. The maximum Gasteiger partial charge on any atom is 0.275 e. The van der Waals surface area contributed by atoms with Crippen molar-refractivity contribution >= 4 is 5.91 Å². The fraction of sp³-hybridized carbons (Fsp3) is 0.500. The van der Waals surface area contributed by atoms with Crippen molar-refractivity contribution < 1.29 is 14.3 Å². The highest BCUT2D eigenvalue weighted by Gasteiger charge is 2.20. The fourth-order valence-corrected chi connectivity index (χ4v) is 2.89. The van der Waals surface area contributed by atoms with Crippen LogP contribution >= 0.6 is 0 Å². The normalized spacial score (nSPS) is 14.8. The van der Waals surface area contributed by atoms with Crippen LogP contribution in [0.25, 0.3) is 0 Å². The van der Waals surface area contributed by atoms with Gasteiger partial charge in [0.05, 0.1) is 25.9 Å². The Kier molecular flexibility index (Phi) is 6.06. The number of likely N-dealkylation sites (N-methyl/N-ethyl adjacent to an activating group) is 1. The molecule has 2 aromatic rings. The van der Waals surface area contributed by atoms with Crippen LogP contribution in [0.3, 0.4) is 0 Å². The molecule has 1 aromatic carbocycles. The lowest BCUT2D eigenvalue weighted by Crippen LogP contribution is -2.31. The molecule has 26 heavy (non-hydrogen) atoms. The van der Waals surface area contributed by atoms with E-state index in [-0.39, 0.29) is 5.91 Å². The SMILES string of the molecule is COc1ccc(OCCN(C)C(=O)c2cn(C3CCNCC3)nn2)cc1. The van der Waals surface area contributed by atoms with E-state index < -0.39 is 0 Å². The van der Waals surface area contributed by atoms with Crippen molar-refractivity contribution in [1.82, 2.24) is 25.2 Å². The van der Waals surface area contributed by atoms with Crippen molar-refractivity contribution in [2.24, 2.45) is 0 Å². The summed E-state index contributed by atoms with van der Waals surface area (Å²) < 4.78 is 12.6. The van der Waals surface area contributed by atoms with Gasteiger partial charge in [0.2, 0.25) is 0 Å². The molecule has 8 heteroatoms. The van der Waals surface area contributed by atoms with Gasteiger partial charge in [-0.25, -0.2) is 4.68 Å². The summed E-state index contributed by atoms with van der Waals surface area (Å²) in [7, 11) is 3.36. The number of ether oxygens (including phenoxy) is 2. The topological polar surface area (TPSA) is 81.5 Å². The number of nitrogens with zero attached hydrogens (tertiary/aromatic N) is 4. The summed E-state index contributed by atoms with van der Waals surface area (Å²) in [6.45, 7) is 2.80. The first kappa shape index (κ1) is 18.2. The Bertz CT molecular complexity index is 710. The molecule has 1 saturated heterocycles. The zero-order valence-corrected chi connectivity index (χ0v) is 15.2. The summed E-state index contributed by atoms with van der Waals surface area (Å²) in [4.78, 5) is 14.1. The van der Waals surface area contributed by atoms with Crippen LogP contribution in [0, 0.1) is 0 Å². The van der Waals surface area contributed by atoms with E-state index in [1.165, 1.54) is 0 Å². The van der Waals surface area contributed by atoms with Gasteiger partial charge in [-0.3, -0.25) is 4.79 Å². The van der Waals surface area contributed by atoms with Crippen molar-refractivity contribution in [2.75, 3.05) is 40.4 Å². The number of nitrogens with one attached hydrogen (secondary N) is 1. The molecular formula is C18H25N5O3. The molecule has 0 atom stereocenters. The highest BCUT2D eigenvalue weighted by molar-refractivity contribution is 5.91. The van der Waals surface area contributed by atoms with E-state index >= 15 is 0 Å². The number of hydrogen-bond acceptors (Lipinski definition) is 6. The lowest BCUT2D eigenvalue weighted by atomic mass is 10.1. The number of benzene rings is 1. The highest BCUT2D eigenvalue weighted by atomic mass is 16.5. The van der Waals surface area contributed by atoms with Crippen molar-refractivity contribution in [2.45, 2.75) is 18.9 Å². The number of carbonyl (C=O) groups excluding carboxylic acids is 1. The molecular weight excluding hydrogens is 334 g/mol. The van der Waals surface area contributed by atoms with Crippen LogP contribution in [0.2, 0.25) is 0 Å². The van der Waals surface area contributed by atoms with E-state index in [9.17, 15) is 4.79 Å². The average molecular weight is 359 g/mol. The quantitative estimate of drug-likeness (QED) is 0.804. The first-order valence-corrected chi connectivity index (χ1v) is 8.82. The van der Waals surface area contributed by atoms with Gasteiger partial charge in [0.25, 0.3) is 5.91 Å². The standard InChI is InChI=1S/C18H25N5O3/c1-22(11-12-26-16-5-3-15(25-2)4-6-16)18(24)17-13-23(21-20-17)14-7-9-19-10-8-14/h3-6,13-14,19H,7-12H2,1-2H3. The molecule has 1 aliphatic rings. The van der Waals surface area contributed by atoms with E-state index in [2.05, 4.69) is 15.6 Å². The van der Waals surface area contributed by atoms with Gasteiger partial charge in [-0.2, -0.15) is 0 Å². The predicted octanol–water partition coefficient (Wildman–Crippen LogP) is 1.36. The zero-order valence-electron chi connectivity index (χ0n) is 15.2. The summed E-state index contributed by atoms with van der Waals surface area (Å²) in [5, 5.41) is 11.5. The molecule has 0 saturated carbocycles. The second-order valence-electron chi connectivity index (χ2n) is 6.32. The second kappa shape index (κ2) is 8.66. The van der Waals surface area contributed by atoms with Gasteiger partial charge in [0, 0.05) is 7.05 Å². The Hall–Kier alpha value is -2.61. The third-order valence-electron chi connectivity index (χ3n) is 4.51. The third-order valence-corrected chi connectivity index (χ3v) is 4.51. The monoisotopic (exact) mass is 359 g/mol. The summed E-state index contributed by atoms with van der Waals surface area (Å²) in [5.74, 6) is 1.37. The van der Waals surface area contributed by atoms with E-state index in [0.717, 1.165) is 37.4 Å². The van der Waals surface area contributed by atoms with Gasteiger partial charge >= 0.3 is 0 Å². The Morgan fingerprint density at radius 1 is 1.27 bits per heavy atom. The van der Waals surface area contributed by atoms with E-state index in [4.69, 9.17) is 9.47 Å². The zero-order chi connectivity index (χ0) is 18.4. The maximum absolute atomic E-state index is 12.5. The lowest BCUT2D eigenvalue weighted by Gasteiger charge is -2.22.